The Labute approximate surface area is 301 Å². The van der Waals surface area contributed by atoms with Crippen molar-refractivity contribution in [1.82, 2.24) is 30.7 Å². The van der Waals surface area contributed by atoms with Crippen LogP contribution in [0.4, 0.5) is 8.78 Å². The number of ether oxygens (including phenoxy) is 1. The quantitative estimate of drug-likeness (QED) is 0.264. The van der Waals surface area contributed by atoms with Gasteiger partial charge >= 0.3 is 5.97 Å². The van der Waals surface area contributed by atoms with Crippen LogP contribution in [0.2, 0.25) is 0 Å². The van der Waals surface area contributed by atoms with Gasteiger partial charge in [-0.1, -0.05) is 19.4 Å². The minimum Gasteiger partial charge on any atom is -0.461 e. The molecule has 0 aromatic heterocycles. The van der Waals surface area contributed by atoms with Gasteiger partial charge in [0.15, 0.2) is 0 Å². The molecule has 0 unspecified atom stereocenters. The number of nitrogens with one attached hydrogen (secondary N) is 3. The summed E-state index contributed by atoms with van der Waals surface area (Å²) in [5, 5.41) is 7.77. The minimum atomic E-state index is -1.56. The van der Waals surface area contributed by atoms with E-state index in [0.29, 0.717) is 30.9 Å². The van der Waals surface area contributed by atoms with Crippen LogP contribution in [0.5, 0.6) is 0 Å². The highest BCUT2D eigenvalue weighted by Crippen LogP contribution is 2.23. The molecule has 16 heteroatoms. The number of cyclic esters (lactones) is 1. The number of carbonyl (C=O) groups excluding carboxylic acids is 7. The summed E-state index contributed by atoms with van der Waals surface area (Å²) in [6.07, 6.45) is 4.08. The molecule has 284 valence electrons. The number of benzene rings is 1. The zero-order valence-electron chi connectivity index (χ0n) is 30.2. The monoisotopic (exact) mass is 730 g/mol. The van der Waals surface area contributed by atoms with Gasteiger partial charge in [-0.2, -0.15) is 0 Å². The lowest BCUT2D eigenvalue weighted by molar-refractivity contribution is -0.158. The first-order chi connectivity index (χ1) is 24.6. The van der Waals surface area contributed by atoms with Crippen molar-refractivity contribution in [3.05, 3.63) is 47.0 Å². The summed E-state index contributed by atoms with van der Waals surface area (Å²) < 4.78 is 33.9. The summed E-state index contributed by atoms with van der Waals surface area (Å²) in [6, 6.07) is -4.37. The smallest absolute Gasteiger partial charge is 0.328 e. The van der Waals surface area contributed by atoms with Crippen LogP contribution < -0.4 is 16.0 Å². The largest absolute Gasteiger partial charge is 0.461 e. The molecule has 3 aliphatic rings. The lowest BCUT2D eigenvalue weighted by atomic mass is 10.0. The van der Waals surface area contributed by atoms with E-state index >= 15 is 0 Å². The Morgan fingerprint density at radius 2 is 1.58 bits per heavy atom. The van der Waals surface area contributed by atoms with Gasteiger partial charge in [-0.05, 0) is 70.6 Å². The number of rotatable bonds is 8. The molecule has 4 rings (SSSR count). The molecule has 1 aromatic rings. The average Bonchev–Trinajstić information content (AvgIpc) is 3.80. The maximum atomic E-state index is 14.2. The number of nitrogens with zero attached hydrogens (tertiary/aromatic N) is 3. The number of likely N-dealkylation sites (N-methyl/N-ethyl adjacent to an activating group) is 1. The van der Waals surface area contributed by atoms with Crippen LogP contribution in [0, 0.1) is 11.6 Å². The van der Waals surface area contributed by atoms with Gasteiger partial charge in [0.25, 0.3) is 0 Å². The Morgan fingerprint density at radius 1 is 0.962 bits per heavy atom. The van der Waals surface area contributed by atoms with Gasteiger partial charge in [-0.25, -0.2) is 13.6 Å². The van der Waals surface area contributed by atoms with Crippen LogP contribution >= 0.6 is 0 Å². The van der Waals surface area contributed by atoms with Crippen molar-refractivity contribution in [3.63, 3.8) is 0 Å². The number of amides is 6. The molecule has 3 saturated heterocycles. The van der Waals surface area contributed by atoms with Gasteiger partial charge in [-0.3, -0.25) is 28.8 Å². The Morgan fingerprint density at radius 3 is 2.21 bits per heavy atom. The van der Waals surface area contributed by atoms with E-state index in [2.05, 4.69) is 16.0 Å². The van der Waals surface area contributed by atoms with Crippen molar-refractivity contribution in [2.75, 3.05) is 26.7 Å². The van der Waals surface area contributed by atoms with Crippen molar-refractivity contribution < 1.29 is 47.1 Å². The topological polar surface area (TPSA) is 175 Å². The van der Waals surface area contributed by atoms with Crippen LogP contribution in [0.3, 0.4) is 0 Å². The molecular weight excluding hydrogens is 682 g/mol. The van der Waals surface area contributed by atoms with Crippen LogP contribution in [0.1, 0.15) is 71.8 Å². The van der Waals surface area contributed by atoms with Crippen LogP contribution in [0.25, 0.3) is 0 Å². The number of halogens is 2. The van der Waals surface area contributed by atoms with E-state index in [-0.39, 0.29) is 37.9 Å². The second-order valence-corrected chi connectivity index (χ2v) is 13.6. The highest BCUT2D eigenvalue weighted by Gasteiger charge is 2.43. The molecule has 3 heterocycles. The zero-order valence-corrected chi connectivity index (χ0v) is 30.2. The van der Waals surface area contributed by atoms with Crippen LogP contribution in [-0.2, 0) is 44.7 Å². The first kappa shape index (κ1) is 39.9. The maximum absolute atomic E-state index is 14.2. The van der Waals surface area contributed by atoms with Gasteiger partial charge in [0.1, 0.15) is 54.5 Å². The molecule has 0 radical (unpaired) electrons. The van der Waals surface area contributed by atoms with E-state index in [1.165, 1.54) is 35.6 Å². The van der Waals surface area contributed by atoms with Gasteiger partial charge in [-0.15, -0.1) is 0 Å². The Hall–Kier alpha value is -4.89. The van der Waals surface area contributed by atoms with Crippen molar-refractivity contribution in [2.45, 2.75) is 109 Å². The molecule has 6 amide bonds. The summed E-state index contributed by atoms with van der Waals surface area (Å²) in [7, 11) is 1.42. The number of allylic oxidation sites excluding steroid dienone is 1. The van der Waals surface area contributed by atoms with E-state index in [9.17, 15) is 42.3 Å². The predicted octanol–water partition coefficient (Wildman–Crippen LogP) is 1.11. The van der Waals surface area contributed by atoms with E-state index < -0.39 is 95.9 Å². The Kier molecular flexibility index (Phi) is 13.5. The third-order valence-electron chi connectivity index (χ3n) is 9.75. The molecule has 3 aliphatic heterocycles. The molecule has 52 heavy (non-hydrogen) atoms. The van der Waals surface area contributed by atoms with Crippen molar-refractivity contribution >= 4 is 41.4 Å². The molecule has 6 atom stereocenters. The van der Waals surface area contributed by atoms with E-state index in [1.807, 2.05) is 6.92 Å². The molecule has 0 aliphatic carbocycles. The molecule has 0 spiro atoms. The second kappa shape index (κ2) is 17.6. The molecule has 0 bridgehead atoms. The fourth-order valence-corrected chi connectivity index (χ4v) is 6.62. The maximum Gasteiger partial charge on any atom is 0.328 e. The zero-order chi connectivity index (χ0) is 38.3. The molecule has 14 nitrogen and oxygen atoms in total. The molecular formula is C36H48F2N6O8. The van der Waals surface area contributed by atoms with Crippen molar-refractivity contribution in [2.24, 2.45) is 0 Å². The van der Waals surface area contributed by atoms with Gasteiger partial charge in [0, 0.05) is 38.2 Å². The first-order valence-electron chi connectivity index (χ1n) is 17.7. The van der Waals surface area contributed by atoms with Crippen LogP contribution in [-0.4, -0.2) is 119 Å². The van der Waals surface area contributed by atoms with Crippen molar-refractivity contribution in [3.8, 4) is 0 Å². The lowest BCUT2D eigenvalue weighted by Crippen LogP contribution is -2.60. The summed E-state index contributed by atoms with van der Waals surface area (Å²) in [4.78, 5) is 98.7. The van der Waals surface area contributed by atoms with Crippen molar-refractivity contribution in [1.29, 1.82) is 0 Å². The number of esters is 1. The number of hydrogen-bond donors (Lipinski definition) is 3. The lowest BCUT2D eigenvalue weighted by Gasteiger charge is -2.34. The summed E-state index contributed by atoms with van der Waals surface area (Å²) in [5.74, 6) is -6.59. The standard InChI is InChI=1S/C36H48F2N6O8/c1-6-7-10-20(2)30(45)40-26(17-23-15-24(37)18-25(38)16-23)32(47)41-27-19-52-36(51)29-12-9-14-44(29)33(48)21(3)39-31(46)22(4)42(5)35(50)28-11-8-13-43(28)34(27)49/h10,15-16,18,21-22,26-29H,6-9,11-14,17,19H2,1-5H3,(H,39,46)(H,40,45)(H,41,47)/t21-,22-,26-,27-,28-,29-/m0/s1. The first-order valence-corrected chi connectivity index (χ1v) is 17.7. The molecule has 1 aromatic carbocycles. The van der Waals surface area contributed by atoms with Gasteiger partial charge in [0.2, 0.25) is 35.4 Å². The van der Waals surface area contributed by atoms with E-state index in [0.717, 1.165) is 18.6 Å². The SMILES string of the molecule is CCCC=C(C)C(=O)N[C@@H](Cc1cc(F)cc(F)c1)C(=O)N[C@H]1COC(=O)[C@@H]2CCCN2C(=O)[C@H](C)NC(=O)[C@H](C)N(C)C(=O)[C@@H]2CCCN2C1=O. The summed E-state index contributed by atoms with van der Waals surface area (Å²) in [6.45, 7) is 6.11. The normalized spacial score (nSPS) is 25.7. The highest BCUT2D eigenvalue weighted by atomic mass is 19.1. The Bertz CT molecular complexity index is 1580. The molecule has 0 saturated carbocycles. The number of carbonyl (C=O) groups is 7. The molecule has 3 fully saturated rings. The van der Waals surface area contributed by atoms with E-state index in [1.54, 1.807) is 13.0 Å². The van der Waals surface area contributed by atoms with E-state index in [4.69, 9.17) is 4.74 Å². The highest BCUT2D eigenvalue weighted by molar-refractivity contribution is 5.99. The third-order valence-corrected chi connectivity index (χ3v) is 9.75. The predicted molar refractivity (Wildman–Crippen MR) is 183 cm³/mol. The number of unbranched alkanes of at least 4 members (excludes halogenated alkanes) is 1. The minimum absolute atomic E-state index is 0.0514. The number of fused-ring (bicyclic) bond motifs is 2. The Balaban J connectivity index is 1.68. The summed E-state index contributed by atoms with van der Waals surface area (Å²) in [5.41, 5.74) is 0.353. The van der Waals surface area contributed by atoms with Gasteiger partial charge in [0.05, 0.1) is 0 Å². The molecule has 3 N–H and O–H groups in total. The second-order valence-electron chi connectivity index (χ2n) is 13.6. The third kappa shape index (κ3) is 9.50. The van der Waals surface area contributed by atoms with Crippen LogP contribution in [0.15, 0.2) is 29.8 Å². The average molecular weight is 731 g/mol. The van der Waals surface area contributed by atoms with Gasteiger partial charge < -0.3 is 35.4 Å². The number of hydrogen-bond acceptors (Lipinski definition) is 8. The fraction of sp³-hybridized carbons (Fsp3) is 0.583. The fourth-order valence-electron chi connectivity index (χ4n) is 6.62. The summed E-state index contributed by atoms with van der Waals surface area (Å²) >= 11 is 0.